The fourth-order valence-electron chi connectivity index (χ4n) is 2.81. The molecule has 0 fully saturated rings. The van der Waals surface area contributed by atoms with Crippen molar-refractivity contribution in [2.24, 2.45) is 0 Å². The molecule has 0 radical (unpaired) electrons. The standard InChI is InChI=1S/C22H26O5/c1-14-8-16(3)20(9-15(14)2)21(23)13-27-22(24)7-6-17-10-18(25-4)12-19(11-17)26-5/h8-12H,6-7,13H2,1-5H3. The second-order valence-electron chi connectivity index (χ2n) is 6.56. The zero-order chi connectivity index (χ0) is 20.0. The molecule has 0 N–H and O–H groups in total. The molecule has 0 aliphatic heterocycles. The summed E-state index contributed by atoms with van der Waals surface area (Å²) in [5.41, 5.74) is 4.57. The average molecular weight is 370 g/mol. The molecule has 2 rings (SSSR count). The van der Waals surface area contributed by atoms with Crippen molar-refractivity contribution in [1.29, 1.82) is 0 Å². The Morgan fingerprint density at radius 2 is 1.41 bits per heavy atom. The van der Waals surface area contributed by atoms with Gasteiger partial charge in [0.05, 0.1) is 14.2 Å². The molecule has 0 saturated carbocycles. The van der Waals surface area contributed by atoms with Gasteiger partial charge in [0.2, 0.25) is 5.78 Å². The first-order chi connectivity index (χ1) is 12.8. The van der Waals surface area contributed by atoms with E-state index in [1.165, 1.54) is 0 Å². The molecule has 5 heteroatoms. The van der Waals surface area contributed by atoms with Crippen LogP contribution in [0.4, 0.5) is 0 Å². The predicted octanol–water partition coefficient (Wildman–Crippen LogP) is 3.99. The Labute approximate surface area is 160 Å². The number of ketones is 1. The van der Waals surface area contributed by atoms with E-state index >= 15 is 0 Å². The van der Waals surface area contributed by atoms with Gasteiger partial charge in [-0.3, -0.25) is 9.59 Å². The highest BCUT2D eigenvalue weighted by molar-refractivity contribution is 5.99. The summed E-state index contributed by atoms with van der Waals surface area (Å²) in [7, 11) is 3.15. The van der Waals surface area contributed by atoms with E-state index in [0.717, 1.165) is 22.3 Å². The first-order valence-electron chi connectivity index (χ1n) is 8.82. The Morgan fingerprint density at radius 1 is 0.815 bits per heavy atom. The molecule has 0 aromatic heterocycles. The van der Waals surface area contributed by atoms with Gasteiger partial charge in [0, 0.05) is 18.1 Å². The molecule has 0 aliphatic carbocycles. The van der Waals surface area contributed by atoms with E-state index in [0.29, 0.717) is 23.5 Å². The number of carbonyl (C=O) groups excluding carboxylic acids is 2. The second-order valence-corrected chi connectivity index (χ2v) is 6.56. The van der Waals surface area contributed by atoms with Crippen LogP contribution in [0.2, 0.25) is 0 Å². The first-order valence-corrected chi connectivity index (χ1v) is 8.82. The summed E-state index contributed by atoms with van der Waals surface area (Å²) in [5.74, 6) is 0.731. The van der Waals surface area contributed by atoms with Crippen molar-refractivity contribution in [3.8, 4) is 11.5 Å². The third kappa shape index (κ3) is 5.58. The molecule has 2 aromatic rings. The number of hydrogen-bond acceptors (Lipinski definition) is 5. The maximum atomic E-state index is 12.4. The van der Waals surface area contributed by atoms with Crippen LogP contribution in [0.25, 0.3) is 0 Å². The van der Waals surface area contributed by atoms with Crippen LogP contribution in [0.3, 0.4) is 0 Å². The number of aryl methyl sites for hydroxylation is 4. The van der Waals surface area contributed by atoms with Crippen molar-refractivity contribution >= 4 is 11.8 Å². The van der Waals surface area contributed by atoms with Crippen molar-refractivity contribution in [3.05, 3.63) is 58.1 Å². The average Bonchev–Trinajstić information content (AvgIpc) is 2.66. The van der Waals surface area contributed by atoms with E-state index in [-0.39, 0.29) is 18.8 Å². The number of Topliss-reactive ketones (excluding diaryl/α,β-unsaturated/α-hetero) is 1. The highest BCUT2D eigenvalue weighted by Crippen LogP contribution is 2.23. The Hall–Kier alpha value is -2.82. The molecule has 0 bridgehead atoms. The van der Waals surface area contributed by atoms with Gasteiger partial charge >= 0.3 is 5.97 Å². The lowest BCUT2D eigenvalue weighted by molar-refractivity contribution is -0.142. The molecule has 0 atom stereocenters. The molecular formula is C22H26O5. The minimum absolute atomic E-state index is 0.176. The molecule has 27 heavy (non-hydrogen) atoms. The summed E-state index contributed by atoms with van der Waals surface area (Å²) in [4.78, 5) is 24.4. The first kappa shape index (κ1) is 20.5. The van der Waals surface area contributed by atoms with Crippen LogP contribution in [0.5, 0.6) is 11.5 Å². The third-order valence-electron chi connectivity index (χ3n) is 4.53. The Bertz CT molecular complexity index is 817. The predicted molar refractivity (Wildman–Crippen MR) is 104 cm³/mol. The zero-order valence-corrected chi connectivity index (χ0v) is 16.5. The summed E-state index contributed by atoms with van der Waals surface area (Å²) in [6.45, 7) is 5.60. The fraction of sp³-hybridized carbons (Fsp3) is 0.364. The third-order valence-corrected chi connectivity index (χ3v) is 4.53. The smallest absolute Gasteiger partial charge is 0.306 e. The number of hydrogen-bond donors (Lipinski definition) is 0. The van der Waals surface area contributed by atoms with Crippen molar-refractivity contribution in [3.63, 3.8) is 0 Å². The van der Waals surface area contributed by atoms with Gasteiger partial charge in [-0.05, 0) is 67.6 Å². The Kier molecular flexibility index (Phi) is 6.99. The van der Waals surface area contributed by atoms with Crippen molar-refractivity contribution in [2.45, 2.75) is 33.6 Å². The molecule has 0 spiro atoms. The van der Waals surface area contributed by atoms with Gasteiger partial charge in [0.25, 0.3) is 0 Å². The van der Waals surface area contributed by atoms with E-state index in [2.05, 4.69) is 0 Å². The van der Waals surface area contributed by atoms with Crippen LogP contribution in [0, 0.1) is 20.8 Å². The number of methoxy groups -OCH3 is 2. The van der Waals surface area contributed by atoms with Gasteiger partial charge in [0.1, 0.15) is 11.5 Å². The van der Waals surface area contributed by atoms with Gasteiger partial charge in [-0.15, -0.1) is 0 Å². The molecule has 0 saturated heterocycles. The molecule has 144 valence electrons. The number of rotatable bonds is 8. The molecular weight excluding hydrogens is 344 g/mol. The van der Waals surface area contributed by atoms with Crippen molar-refractivity contribution in [1.82, 2.24) is 0 Å². The van der Waals surface area contributed by atoms with Crippen LogP contribution in [0.1, 0.15) is 39.0 Å². The lowest BCUT2D eigenvalue weighted by Gasteiger charge is -2.10. The van der Waals surface area contributed by atoms with Crippen LogP contribution in [-0.2, 0) is 16.0 Å². The maximum absolute atomic E-state index is 12.4. The molecule has 0 heterocycles. The van der Waals surface area contributed by atoms with Crippen LogP contribution < -0.4 is 9.47 Å². The van der Waals surface area contributed by atoms with Gasteiger partial charge in [-0.2, -0.15) is 0 Å². The molecule has 5 nitrogen and oxygen atoms in total. The minimum Gasteiger partial charge on any atom is -0.497 e. The SMILES string of the molecule is COc1cc(CCC(=O)OCC(=O)c2cc(C)c(C)cc2C)cc(OC)c1. The van der Waals surface area contributed by atoms with E-state index < -0.39 is 5.97 Å². The largest absolute Gasteiger partial charge is 0.497 e. The van der Waals surface area contributed by atoms with E-state index in [1.807, 2.05) is 45.0 Å². The number of esters is 1. The Morgan fingerprint density at radius 3 is 2.00 bits per heavy atom. The minimum atomic E-state index is -0.411. The summed E-state index contributed by atoms with van der Waals surface area (Å²) >= 11 is 0. The Balaban J connectivity index is 1.91. The van der Waals surface area contributed by atoms with E-state index in [1.54, 1.807) is 20.3 Å². The normalized spacial score (nSPS) is 10.4. The second kappa shape index (κ2) is 9.21. The number of benzene rings is 2. The van der Waals surface area contributed by atoms with E-state index in [9.17, 15) is 9.59 Å². The highest BCUT2D eigenvalue weighted by atomic mass is 16.5. The van der Waals surface area contributed by atoms with E-state index in [4.69, 9.17) is 14.2 Å². The fourth-order valence-corrected chi connectivity index (χ4v) is 2.81. The van der Waals surface area contributed by atoms with Crippen LogP contribution in [0.15, 0.2) is 30.3 Å². The van der Waals surface area contributed by atoms with Crippen molar-refractivity contribution < 1.29 is 23.8 Å². The van der Waals surface area contributed by atoms with Crippen LogP contribution >= 0.6 is 0 Å². The molecule has 0 unspecified atom stereocenters. The maximum Gasteiger partial charge on any atom is 0.306 e. The lowest BCUT2D eigenvalue weighted by Crippen LogP contribution is -2.15. The highest BCUT2D eigenvalue weighted by Gasteiger charge is 2.14. The molecule has 0 aliphatic rings. The number of ether oxygens (including phenoxy) is 3. The van der Waals surface area contributed by atoms with Crippen molar-refractivity contribution in [2.75, 3.05) is 20.8 Å². The molecule has 2 aromatic carbocycles. The van der Waals surface area contributed by atoms with Gasteiger partial charge in [0.15, 0.2) is 6.61 Å². The summed E-state index contributed by atoms with van der Waals surface area (Å²) in [6, 6.07) is 9.29. The lowest BCUT2D eigenvalue weighted by atomic mass is 9.98. The topological polar surface area (TPSA) is 61.8 Å². The monoisotopic (exact) mass is 370 g/mol. The number of carbonyl (C=O) groups is 2. The zero-order valence-electron chi connectivity index (χ0n) is 16.5. The molecule has 0 amide bonds. The summed E-state index contributed by atoms with van der Waals surface area (Å²) < 4.78 is 15.6. The van der Waals surface area contributed by atoms with Gasteiger partial charge < -0.3 is 14.2 Å². The van der Waals surface area contributed by atoms with Gasteiger partial charge in [-0.1, -0.05) is 6.07 Å². The quantitative estimate of drug-likeness (QED) is 0.519. The summed E-state index contributed by atoms with van der Waals surface area (Å²) in [5, 5.41) is 0. The van der Waals surface area contributed by atoms with Crippen LogP contribution in [-0.4, -0.2) is 32.6 Å². The van der Waals surface area contributed by atoms with Gasteiger partial charge in [-0.25, -0.2) is 0 Å². The summed E-state index contributed by atoms with van der Waals surface area (Å²) in [6.07, 6.45) is 0.652.